The van der Waals surface area contributed by atoms with Crippen molar-refractivity contribution in [3.63, 3.8) is 0 Å². The summed E-state index contributed by atoms with van der Waals surface area (Å²) in [7, 11) is 0. The Kier molecular flexibility index (Phi) is 3.49. The largest absolute Gasteiger partial charge is 0.494 e. The lowest BCUT2D eigenvalue weighted by atomic mass is 10.3. The van der Waals surface area contributed by atoms with E-state index < -0.39 is 5.97 Å². The molecule has 0 unspecified atom stereocenters. The number of imidazole rings is 1. The van der Waals surface area contributed by atoms with Gasteiger partial charge in [-0.3, -0.25) is 4.40 Å². The van der Waals surface area contributed by atoms with Crippen LogP contribution in [0.4, 0.5) is 0 Å². The van der Waals surface area contributed by atoms with E-state index in [4.69, 9.17) is 9.47 Å². The Morgan fingerprint density at radius 3 is 3.00 bits per heavy atom. The highest BCUT2D eigenvalue weighted by atomic mass is 32.1. The number of aromatic carboxylic acids is 1. The van der Waals surface area contributed by atoms with Crippen LogP contribution in [0.25, 0.3) is 4.96 Å². The number of hydrogen-bond acceptors (Lipinski definition) is 5. The van der Waals surface area contributed by atoms with Crippen molar-refractivity contribution >= 4 is 22.3 Å². The molecule has 108 valence electrons. The summed E-state index contributed by atoms with van der Waals surface area (Å²) in [4.78, 5) is 16.2. The maximum absolute atomic E-state index is 11.4. The van der Waals surface area contributed by atoms with Crippen molar-refractivity contribution in [2.75, 3.05) is 6.61 Å². The molecular weight excluding hydrogens is 292 g/mol. The molecule has 2 aromatic heterocycles. The molecule has 0 bridgehead atoms. The fourth-order valence-corrected chi connectivity index (χ4v) is 2.64. The number of carboxylic acid groups (broad SMARTS) is 1. The Balaban J connectivity index is 1.97. The number of ether oxygens (including phenoxy) is 2. The van der Waals surface area contributed by atoms with Crippen molar-refractivity contribution in [1.82, 2.24) is 9.38 Å². The summed E-state index contributed by atoms with van der Waals surface area (Å²) in [6, 6.07) is 7.00. The lowest BCUT2D eigenvalue weighted by Gasteiger charge is -2.06. The zero-order valence-corrected chi connectivity index (χ0v) is 12.0. The predicted octanol–water partition coefficient (Wildman–Crippen LogP) is 3.29. The monoisotopic (exact) mass is 304 g/mol. The summed E-state index contributed by atoms with van der Waals surface area (Å²) >= 11 is 1.35. The Morgan fingerprint density at radius 1 is 1.43 bits per heavy atom. The zero-order valence-electron chi connectivity index (χ0n) is 11.1. The molecule has 3 rings (SSSR count). The summed E-state index contributed by atoms with van der Waals surface area (Å²) in [5.41, 5.74) is 0.00747. The summed E-state index contributed by atoms with van der Waals surface area (Å²) in [5, 5.41) is 11.1. The lowest BCUT2D eigenvalue weighted by Crippen LogP contribution is -2.02. The van der Waals surface area contributed by atoms with Gasteiger partial charge in [-0.1, -0.05) is 6.07 Å². The predicted molar refractivity (Wildman–Crippen MR) is 77.7 cm³/mol. The number of rotatable bonds is 5. The van der Waals surface area contributed by atoms with E-state index in [1.54, 1.807) is 35.8 Å². The molecule has 0 saturated carbocycles. The second-order valence-electron chi connectivity index (χ2n) is 4.14. The van der Waals surface area contributed by atoms with Crippen molar-refractivity contribution in [2.24, 2.45) is 0 Å². The van der Waals surface area contributed by atoms with Crippen LogP contribution in [0.15, 0.2) is 35.8 Å². The third-order valence-electron chi connectivity index (χ3n) is 2.76. The highest BCUT2D eigenvalue weighted by Gasteiger charge is 2.21. The quantitative estimate of drug-likeness (QED) is 0.783. The van der Waals surface area contributed by atoms with Crippen LogP contribution < -0.4 is 9.47 Å². The van der Waals surface area contributed by atoms with Crippen LogP contribution >= 0.6 is 11.3 Å². The molecule has 0 aliphatic rings. The highest BCUT2D eigenvalue weighted by Crippen LogP contribution is 2.29. The molecule has 0 saturated heterocycles. The molecule has 0 atom stereocenters. The van der Waals surface area contributed by atoms with Crippen molar-refractivity contribution < 1.29 is 19.4 Å². The average molecular weight is 304 g/mol. The van der Waals surface area contributed by atoms with Gasteiger partial charge in [-0.2, -0.15) is 4.98 Å². The van der Waals surface area contributed by atoms with Crippen molar-refractivity contribution in [1.29, 1.82) is 0 Å². The number of hydrogen-bond donors (Lipinski definition) is 1. The number of aromatic nitrogens is 2. The first-order chi connectivity index (χ1) is 10.2. The molecule has 0 amide bonds. The molecule has 0 radical (unpaired) electrons. The molecule has 3 aromatic rings. The van der Waals surface area contributed by atoms with Crippen LogP contribution in [-0.4, -0.2) is 27.1 Å². The van der Waals surface area contributed by atoms with E-state index >= 15 is 0 Å². The van der Waals surface area contributed by atoms with Crippen molar-refractivity contribution in [3.05, 3.63) is 41.5 Å². The molecule has 2 heterocycles. The molecule has 7 heteroatoms. The molecular formula is C14H12N2O4S. The van der Waals surface area contributed by atoms with Gasteiger partial charge in [0, 0.05) is 17.6 Å². The average Bonchev–Trinajstić information content (AvgIpc) is 2.99. The van der Waals surface area contributed by atoms with Crippen LogP contribution in [0.5, 0.6) is 17.4 Å². The Bertz CT molecular complexity index is 793. The van der Waals surface area contributed by atoms with Gasteiger partial charge in [0.15, 0.2) is 10.7 Å². The molecule has 0 aliphatic heterocycles. The number of carboxylic acids is 1. The van der Waals surface area contributed by atoms with E-state index in [-0.39, 0.29) is 11.6 Å². The number of nitrogens with zero attached hydrogens (tertiary/aromatic N) is 2. The fourth-order valence-electron chi connectivity index (χ4n) is 1.94. The van der Waals surface area contributed by atoms with Gasteiger partial charge < -0.3 is 14.6 Å². The molecule has 0 aliphatic carbocycles. The molecule has 1 aromatic carbocycles. The number of fused-ring (bicyclic) bond motifs is 1. The third-order valence-corrected chi connectivity index (χ3v) is 3.52. The number of carbonyl (C=O) groups is 1. The van der Waals surface area contributed by atoms with Gasteiger partial charge in [-0.25, -0.2) is 4.79 Å². The molecule has 1 N–H and O–H groups in total. The third kappa shape index (κ3) is 2.55. The SMILES string of the molecule is CCOc1cccc(Oc2nc3sccn3c2C(=O)O)c1. The first-order valence-electron chi connectivity index (χ1n) is 6.28. The van der Waals surface area contributed by atoms with Crippen LogP contribution in [0, 0.1) is 0 Å². The van der Waals surface area contributed by atoms with Crippen LogP contribution in [0.2, 0.25) is 0 Å². The van der Waals surface area contributed by atoms with E-state index in [0.29, 0.717) is 23.1 Å². The van der Waals surface area contributed by atoms with Gasteiger partial charge in [-0.15, -0.1) is 11.3 Å². The Hall–Kier alpha value is -2.54. The highest BCUT2D eigenvalue weighted by molar-refractivity contribution is 7.15. The fraction of sp³-hybridized carbons (Fsp3) is 0.143. The van der Waals surface area contributed by atoms with Gasteiger partial charge in [0.25, 0.3) is 5.88 Å². The van der Waals surface area contributed by atoms with Crippen LogP contribution in [-0.2, 0) is 0 Å². The van der Waals surface area contributed by atoms with E-state index in [2.05, 4.69) is 4.98 Å². The standard InChI is InChI=1S/C14H12N2O4S/c1-2-19-9-4-3-5-10(8-9)20-12-11(13(17)18)16-6-7-21-14(16)15-12/h3-8H,2H2,1H3,(H,17,18). The second-order valence-corrected chi connectivity index (χ2v) is 5.01. The summed E-state index contributed by atoms with van der Waals surface area (Å²) in [6.45, 7) is 2.43. The topological polar surface area (TPSA) is 73.1 Å². The van der Waals surface area contributed by atoms with Crippen LogP contribution in [0.3, 0.4) is 0 Å². The van der Waals surface area contributed by atoms with Gasteiger partial charge in [0.05, 0.1) is 6.61 Å². The number of benzene rings is 1. The van der Waals surface area contributed by atoms with Crippen molar-refractivity contribution in [2.45, 2.75) is 6.92 Å². The van der Waals surface area contributed by atoms with Gasteiger partial charge in [0.1, 0.15) is 11.5 Å². The van der Waals surface area contributed by atoms with E-state index in [9.17, 15) is 9.90 Å². The van der Waals surface area contributed by atoms with Gasteiger partial charge in [-0.05, 0) is 19.1 Å². The first kappa shape index (κ1) is 13.4. The number of thiazole rings is 1. The lowest BCUT2D eigenvalue weighted by molar-refractivity contribution is 0.0686. The molecule has 21 heavy (non-hydrogen) atoms. The first-order valence-corrected chi connectivity index (χ1v) is 7.16. The minimum absolute atomic E-state index is 0.00747. The molecule has 6 nitrogen and oxygen atoms in total. The minimum Gasteiger partial charge on any atom is -0.494 e. The van der Waals surface area contributed by atoms with Gasteiger partial charge >= 0.3 is 5.97 Å². The Morgan fingerprint density at radius 2 is 2.24 bits per heavy atom. The second kappa shape index (κ2) is 5.45. The molecule has 0 fully saturated rings. The maximum atomic E-state index is 11.4. The zero-order chi connectivity index (χ0) is 14.8. The van der Waals surface area contributed by atoms with Gasteiger partial charge in [0.2, 0.25) is 0 Å². The summed E-state index contributed by atoms with van der Waals surface area (Å²) < 4.78 is 12.5. The van der Waals surface area contributed by atoms with E-state index in [0.717, 1.165) is 0 Å². The van der Waals surface area contributed by atoms with E-state index in [1.807, 2.05) is 6.92 Å². The van der Waals surface area contributed by atoms with E-state index in [1.165, 1.54) is 15.7 Å². The van der Waals surface area contributed by atoms with Crippen LogP contribution in [0.1, 0.15) is 17.4 Å². The summed E-state index contributed by atoms with van der Waals surface area (Å²) in [5.74, 6) is 0.127. The Labute approximate surface area is 124 Å². The maximum Gasteiger partial charge on any atom is 0.358 e. The molecule has 0 spiro atoms. The normalized spacial score (nSPS) is 10.7. The summed E-state index contributed by atoms with van der Waals surface area (Å²) in [6.07, 6.45) is 1.65. The minimum atomic E-state index is -1.09. The smallest absolute Gasteiger partial charge is 0.358 e. The van der Waals surface area contributed by atoms with Crippen molar-refractivity contribution in [3.8, 4) is 17.4 Å².